The molecule has 168 valence electrons. The minimum absolute atomic E-state index is 0.0610. The van der Waals surface area contributed by atoms with E-state index in [-0.39, 0.29) is 17.5 Å². The largest absolute Gasteiger partial charge is 0.454 e. The molecule has 2 aliphatic heterocycles. The Morgan fingerprint density at radius 3 is 2.84 bits per heavy atom. The van der Waals surface area contributed by atoms with E-state index in [4.69, 9.17) is 9.47 Å². The van der Waals surface area contributed by atoms with Gasteiger partial charge in [-0.1, -0.05) is 42.5 Å². The molecule has 6 nitrogen and oxygen atoms in total. The molecule has 2 aromatic rings. The normalized spacial score (nSPS) is 26.4. The third-order valence-electron chi connectivity index (χ3n) is 7.29. The number of fused-ring (bicyclic) bond motifs is 2. The molecule has 0 spiro atoms. The summed E-state index contributed by atoms with van der Waals surface area (Å²) < 4.78 is 11.2. The van der Waals surface area contributed by atoms with Gasteiger partial charge in [-0.2, -0.15) is 0 Å². The molecule has 3 aliphatic rings. The first-order chi connectivity index (χ1) is 15.7. The van der Waals surface area contributed by atoms with E-state index >= 15 is 0 Å². The van der Waals surface area contributed by atoms with E-state index < -0.39 is 0 Å². The number of likely N-dealkylation sites (tertiary alicyclic amines) is 1. The van der Waals surface area contributed by atoms with Gasteiger partial charge >= 0.3 is 6.03 Å². The highest BCUT2D eigenvalue weighted by molar-refractivity contribution is 5.74. The summed E-state index contributed by atoms with van der Waals surface area (Å²) in [6.07, 6.45) is 5.74. The van der Waals surface area contributed by atoms with E-state index in [9.17, 15) is 4.79 Å². The van der Waals surface area contributed by atoms with Crippen molar-refractivity contribution in [2.75, 3.05) is 19.9 Å². The van der Waals surface area contributed by atoms with Crippen LogP contribution in [-0.4, -0.2) is 42.9 Å². The third-order valence-corrected chi connectivity index (χ3v) is 7.29. The monoisotopic (exact) mass is 433 g/mol. The van der Waals surface area contributed by atoms with Crippen LogP contribution in [0.4, 0.5) is 4.79 Å². The van der Waals surface area contributed by atoms with Crippen LogP contribution in [0.15, 0.2) is 61.2 Å². The second-order valence-corrected chi connectivity index (χ2v) is 9.06. The van der Waals surface area contributed by atoms with Crippen LogP contribution < -0.4 is 20.1 Å². The highest BCUT2D eigenvalue weighted by Gasteiger charge is 2.51. The zero-order valence-electron chi connectivity index (χ0n) is 18.4. The SMILES string of the molecule is C=CCNC(=O)N[C@H]1CC[C@@]2(c3ccc4c(c3)OCO4)CCN(Cc3ccccc3)[C@H]2C1. The van der Waals surface area contributed by atoms with Gasteiger partial charge in [0.25, 0.3) is 0 Å². The Morgan fingerprint density at radius 1 is 1.16 bits per heavy atom. The molecule has 5 rings (SSSR count). The number of amides is 2. The quantitative estimate of drug-likeness (QED) is 0.677. The molecule has 0 radical (unpaired) electrons. The summed E-state index contributed by atoms with van der Waals surface area (Å²) in [5, 5.41) is 6.04. The lowest BCUT2D eigenvalue weighted by Gasteiger charge is -2.45. The number of rotatable bonds is 6. The first kappa shape index (κ1) is 20.9. The molecule has 0 aromatic heterocycles. The van der Waals surface area contributed by atoms with E-state index in [0.717, 1.165) is 50.3 Å². The van der Waals surface area contributed by atoms with Crippen molar-refractivity contribution in [3.8, 4) is 11.5 Å². The average molecular weight is 434 g/mol. The molecule has 0 bridgehead atoms. The number of nitrogens with zero attached hydrogens (tertiary/aromatic N) is 1. The first-order valence-electron chi connectivity index (χ1n) is 11.5. The lowest BCUT2D eigenvalue weighted by molar-refractivity contribution is 0.130. The molecule has 2 N–H and O–H groups in total. The zero-order chi connectivity index (χ0) is 22.0. The summed E-state index contributed by atoms with van der Waals surface area (Å²) >= 11 is 0. The van der Waals surface area contributed by atoms with Crippen molar-refractivity contribution in [1.82, 2.24) is 15.5 Å². The summed E-state index contributed by atoms with van der Waals surface area (Å²) in [6.45, 7) is 6.41. The maximum Gasteiger partial charge on any atom is 0.315 e. The first-order valence-corrected chi connectivity index (χ1v) is 11.5. The summed E-state index contributed by atoms with van der Waals surface area (Å²) in [5.74, 6) is 1.68. The Morgan fingerprint density at radius 2 is 2.00 bits per heavy atom. The van der Waals surface area contributed by atoms with Gasteiger partial charge in [0, 0.05) is 30.6 Å². The van der Waals surface area contributed by atoms with Gasteiger partial charge in [0.2, 0.25) is 6.79 Å². The number of ether oxygens (including phenoxy) is 2. The van der Waals surface area contributed by atoms with Gasteiger partial charge < -0.3 is 20.1 Å². The second-order valence-electron chi connectivity index (χ2n) is 9.06. The van der Waals surface area contributed by atoms with Crippen molar-refractivity contribution in [3.05, 3.63) is 72.3 Å². The average Bonchev–Trinajstić information content (AvgIpc) is 3.43. The molecule has 2 heterocycles. The summed E-state index contributed by atoms with van der Waals surface area (Å²) in [7, 11) is 0. The minimum Gasteiger partial charge on any atom is -0.454 e. The molecule has 1 aliphatic carbocycles. The smallest absolute Gasteiger partial charge is 0.315 e. The maximum atomic E-state index is 12.3. The minimum atomic E-state index is -0.113. The van der Waals surface area contributed by atoms with E-state index in [1.165, 1.54) is 11.1 Å². The van der Waals surface area contributed by atoms with Gasteiger partial charge in [0.1, 0.15) is 0 Å². The van der Waals surface area contributed by atoms with Crippen molar-refractivity contribution >= 4 is 6.03 Å². The number of carbonyl (C=O) groups excluding carboxylic acids is 1. The van der Waals surface area contributed by atoms with Crippen LogP contribution in [0, 0.1) is 0 Å². The fourth-order valence-electron chi connectivity index (χ4n) is 5.73. The molecule has 2 aromatic carbocycles. The molecule has 1 saturated heterocycles. The van der Waals surface area contributed by atoms with Crippen LogP contribution >= 0.6 is 0 Å². The lowest BCUT2D eigenvalue weighted by atomic mass is 9.65. The molecule has 3 atom stereocenters. The molecular weight excluding hydrogens is 402 g/mol. The maximum absolute atomic E-state index is 12.3. The highest BCUT2D eigenvalue weighted by Crippen LogP contribution is 2.51. The Labute approximate surface area is 189 Å². The zero-order valence-corrected chi connectivity index (χ0v) is 18.4. The van der Waals surface area contributed by atoms with Crippen LogP contribution in [0.5, 0.6) is 11.5 Å². The van der Waals surface area contributed by atoms with Gasteiger partial charge in [-0.15, -0.1) is 6.58 Å². The van der Waals surface area contributed by atoms with Crippen LogP contribution in [-0.2, 0) is 12.0 Å². The molecule has 1 saturated carbocycles. The Hall–Kier alpha value is -2.99. The van der Waals surface area contributed by atoms with Crippen molar-refractivity contribution in [1.29, 1.82) is 0 Å². The molecule has 0 unspecified atom stereocenters. The lowest BCUT2D eigenvalue weighted by Crippen LogP contribution is -2.53. The Bertz CT molecular complexity index is 980. The number of urea groups is 1. The van der Waals surface area contributed by atoms with Crippen LogP contribution in [0.1, 0.15) is 36.8 Å². The number of hydrogen-bond acceptors (Lipinski definition) is 4. The summed E-state index contributed by atoms with van der Waals surface area (Å²) in [5.41, 5.74) is 2.72. The predicted molar refractivity (Wildman–Crippen MR) is 124 cm³/mol. The van der Waals surface area contributed by atoms with Crippen LogP contribution in [0.2, 0.25) is 0 Å². The van der Waals surface area contributed by atoms with Gasteiger partial charge in [0.05, 0.1) is 0 Å². The Balaban J connectivity index is 1.40. The van der Waals surface area contributed by atoms with E-state index in [2.05, 4.69) is 70.6 Å². The molecule has 2 fully saturated rings. The van der Waals surface area contributed by atoms with Crippen LogP contribution in [0.25, 0.3) is 0 Å². The van der Waals surface area contributed by atoms with Crippen molar-refractivity contribution in [2.24, 2.45) is 0 Å². The second kappa shape index (κ2) is 8.87. The Kier molecular flexibility index (Phi) is 5.79. The fourth-order valence-corrected chi connectivity index (χ4v) is 5.73. The molecule has 2 amide bonds. The van der Waals surface area contributed by atoms with Gasteiger partial charge in [-0.3, -0.25) is 4.90 Å². The van der Waals surface area contributed by atoms with Gasteiger partial charge in [0.15, 0.2) is 11.5 Å². The number of hydrogen-bond donors (Lipinski definition) is 2. The predicted octanol–water partition coefficient (Wildman–Crippen LogP) is 3.97. The molecule has 6 heteroatoms. The van der Waals surface area contributed by atoms with E-state index in [1.807, 2.05) is 0 Å². The highest BCUT2D eigenvalue weighted by atomic mass is 16.7. The van der Waals surface area contributed by atoms with Crippen molar-refractivity contribution < 1.29 is 14.3 Å². The fraction of sp³-hybridized carbons (Fsp3) is 0.423. The molecule has 32 heavy (non-hydrogen) atoms. The van der Waals surface area contributed by atoms with Crippen LogP contribution in [0.3, 0.4) is 0 Å². The number of carbonyl (C=O) groups is 1. The molecular formula is C26H31N3O3. The summed E-state index contributed by atoms with van der Waals surface area (Å²) in [6, 6.07) is 17.5. The summed E-state index contributed by atoms with van der Waals surface area (Å²) in [4.78, 5) is 14.9. The van der Waals surface area contributed by atoms with Gasteiger partial charge in [-0.25, -0.2) is 4.79 Å². The van der Waals surface area contributed by atoms with Crippen molar-refractivity contribution in [3.63, 3.8) is 0 Å². The van der Waals surface area contributed by atoms with E-state index in [1.54, 1.807) is 6.08 Å². The van der Waals surface area contributed by atoms with Crippen molar-refractivity contribution in [2.45, 2.75) is 49.7 Å². The van der Waals surface area contributed by atoms with E-state index in [0.29, 0.717) is 19.4 Å². The number of benzene rings is 2. The third kappa shape index (κ3) is 3.95. The topological polar surface area (TPSA) is 62.8 Å². The van der Waals surface area contributed by atoms with Gasteiger partial charge in [-0.05, 0) is 55.5 Å². The number of nitrogens with one attached hydrogen (secondary N) is 2. The standard InChI is InChI=1S/C26H31N3O3/c1-2-13-27-25(30)28-21-10-11-26(20-8-9-22-23(15-20)32-18-31-22)12-14-29(24(26)16-21)17-19-6-4-3-5-7-19/h2-9,15,21,24H,1,10-14,16-18H2,(H2,27,28,30)/t21-,24-,26-/m0/s1.